The van der Waals surface area contributed by atoms with Gasteiger partial charge in [-0.1, -0.05) is 43.2 Å². The van der Waals surface area contributed by atoms with Crippen LogP contribution in [0.5, 0.6) is 0 Å². The van der Waals surface area contributed by atoms with Crippen molar-refractivity contribution in [1.82, 2.24) is 20.1 Å². The molecule has 1 heterocycles. The molecule has 3 atom stereocenters. The fourth-order valence-corrected chi connectivity index (χ4v) is 5.02. The van der Waals surface area contributed by atoms with Crippen molar-refractivity contribution in [2.45, 2.75) is 63.1 Å². The summed E-state index contributed by atoms with van der Waals surface area (Å²) in [6.07, 6.45) is 9.00. The summed E-state index contributed by atoms with van der Waals surface area (Å²) >= 11 is 0. The molecule has 3 N–H and O–H groups in total. The number of amides is 4. The number of carbonyl (C=O) groups excluding carboxylic acids is 3. The van der Waals surface area contributed by atoms with Crippen molar-refractivity contribution in [3.8, 4) is 0 Å². The molecule has 3 unspecified atom stereocenters. The first-order valence-corrected chi connectivity index (χ1v) is 12.4. The summed E-state index contributed by atoms with van der Waals surface area (Å²) in [5, 5.41) is 2.88. The summed E-state index contributed by atoms with van der Waals surface area (Å²) in [5.74, 6) is -0.909. The number of primary amides is 1. The Kier molecular flexibility index (Phi) is 7.68. The molecule has 186 valence electrons. The molecule has 0 saturated heterocycles. The molecule has 1 aromatic carbocycles. The highest BCUT2D eigenvalue weighted by Crippen LogP contribution is 2.38. The number of urea groups is 1. The second kappa shape index (κ2) is 10.9. The topological polar surface area (TPSA) is 109 Å². The Labute approximate surface area is 206 Å². The Bertz CT molecular complexity index is 1040. The molecule has 8 nitrogen and oxygen atoms in total. The predicted octanol–water partition coefficient (Wildman–Crippen LogP) is 3.34. The van der Waals surface area contributed by atoms with Crippen molar-refractivity contribution in [2.75, 3.05) is 14.1 Å². The van der Waals surface area contributed by atoms with E-state index >= 15 is 0 Å². The number of nitrogens with one attached hydrogen (secondary N) is 1. The fraction of sp³-hybridized carbons (Fsp3) is 0.481. The number of nitrogens with two attached hydrogens (primary N) is 1. The van der Waals surface area contributed by atoms with Gasteiger partial charge in [0.25, 0.3) is 0 Å². The summed E-state index contributed by atoms with van der Waals surface area (Å²) in [6.45, 7) is 0.585. The number of aromatic nitrogens is 1. The Morgan fingerprint density at radius 1 is 1.06 bits per heavy atom. The van der Waals surface area contributed by atoms with E-state index in [4.69, 9.17) is 5.73 Å². The molecule has 0 bridgehead atoms. The third-order valence-electron chi connectivity index (χ3n) is 7.07. The molecule has 2 aliphatic carbocycles. The Morgan fingerprint density at radius 2 is 1.77 bits per heavy atom. The minimum atomic E-state index is -0.899. The first-order chi connectivity index (χ1) is 16.8. The van der Waals surface area contributed by atoms with Crippen LogP contribution in [0.3, 0.4) is 0 Å². The first kappa shape index (κ1) is 24.7. The van der Waals surface area contributed by atoms with Gasteiger partial charge in [-0.25, -0.2) is 4.79 Å². The zero-order chi connectivity index (χ0) is 24.9. The van der Waals surface area contributed by atoms with E-state index in [1.165, 1.54) is 0 Å². The first-order valence-electron chi connectivity index (χ1n) is 12.4. The van der Waals surface area contributed by atoms with Gasteiger partial charge in [-0.2, -0.15) is 0 Å². The predicted molar refractivity (Wildman–Crippen MR) is 133 cm³/mol. The van der Waals surface area contributed by atoms with Crippen LogP contribution in [0.1, 0.15) is 67.2 Å². The van der Waals surface area contributed by atoms with Crippen LogP contribution in [-0.2, 0) is 16.1 Å². The van der Waals surface area contributed by atoms with E-state index in [0.717, 1.165) is 49.7 Å². The van der Waals surface area contributed by atoms with Crippen LogP contribution in [0.25, 0.3) is 0 Å². The Balaban J connectivity index is 1.46. The number of nitrogens with zero attached hydrogens (tertiary/aromatic N) is 3. The van der Waals surface area contributed by atoms with Crippen molar-refractivity contribution in [1.29, 1.82) is 0 Å². The highest BCUT2D eigenvalue weighted by atomic mass is 16.2. The van der Waals surface area contributed by atoms with Crippen LogP contribution in [0.4, 0.5) is 4.79 Å². The summed E-state index contributed by atoms with van der Waals surface area (Å²) in [5.41, 5.74) is 8.38. The molecular formula is C27H35N5O3. The molecule has 4 rings (SSSR count). The summed E-state index contributed by atoms with van der Waals surface area (Å²) in [7, 11) is 3.57. The summed E-state index contributed by atoms with van der Waals surface area (Å²) < 4.78 is 0. The zero-order valence-electron chi connectivity index (χ0n) is 20.5. The van der Waals surface area contributed by atoms with E-state index < -0.39 is 11.9 Å². The van der Waals surface area contributed by atoms with Gasteiger partial charge in [-0.15, -0.1) is 0 Å². The molecule has 2 aromatic rings. The summed E-state index contributed by atoms with van der Waals surface area (Å²) in [6, 6.07) is 11.2. The normalized spacial score (nSPS) is 20.5. The molecule has 0 radical (unpaired) electrons. The van der Waals surface area contributed by atoms with Crippen molar-refractivity contribution in [3.63, 3.8) is 0 Å². The number of benzene rings is 1. The van der Waals surface area contributed by atoms with Gasteiger partial charge in [0.15, 0.2) is 0 Å². The average Bonchev–Trinajstić information content (AvgIpc) is 3.71. The van der Waals surface area contributed by atoms with Crippen LogP contribution in [-0.4, -0.2) is 52.8 Å². The maximum atomic E-state index is 13.3. The van der Waals surface area contributed by atoms with Crippen LogP contribution in [0, 0.1) is 5.92 Å². The molecule has 4 amide bonds. The van der Waals surface area contributed by atoms with Crippen LogP contribution in [0.2, 0.25) is 0 Å². The number of hydrogen-bond donors (Lipinski definition) is 2. The molecular weight excluding hydrogens is 442 g/mol. The molecule has 35 heavy (non-hydrogen) atoms. The van der Waals surface area contributed by atoms with E-state index in [0.29, 0.717) is 18.2 Å². The molecule has 8 heteroatoms. The van der Waals surface area contributed by atoms with Gasteiger partial charge in [0.2, 0.25) is 11.8 Å². The second-order valence-corrected chi connectivity index (χ2v) is 9.91. The fourth-order valence-electron chi connectivity index (χ4n) is 5.02. The Morgan fingerprint density at radius 3 is 2.37 bits per heavy atom. The lowest BCUT2D eigenvalue weighted by atomic mass is 9.74. The average molecular weight is 478 g/mol. The molecule has 2 aliphatic rings. The number of carbonyl (C=O) groups is 3. The molecule has 0 spiro atoms. The van der Waals surface area contributed by atoms with Crippen molar-refractivity contribution in [3.05, 3.63) is 65.5 Å². The van der Waals surface area contributed by atoms with E-state index in [9.17, 15) is 14.4 Å². The van der Waals surface area contributed by atoms with Gasteiger partial charge in [0.05, 0.1) is 0 Å². The smallest absolute Gasteiger partial charge is 0.320 e. The standard InChI is InChI=1S/C27H35N5O3/c1-31(2)27(35)32(21-13-14-21)17-18-9-11-19(12-10-18)22-7-3-4-8-23(22)26(34)30-24(25(28)33)20-6-5-15-29-16-20/h5-6,9-12,15-16,21-24H,3-4,7-8,13-14,17H2,1-2H3,(H2,28,33)(H,30,34). The van der Waals surface area contributed by atoms with Crippen molar-refractivity contribution in [2.24, 2.45) is 11.7 Å². The molecule has 0 aliphatic heterocycles. The van der Waals surface area contributed by atoms with E-state index in [2.05, 4.69) is 34.6 Å². The highest BCUT2D eigenvalue weighted by molar-refractivity contribution is 5.89. The minimum Gasteiger partial charge on any atom is -0.368 e. The van der Waals surface area contributed by atoms with Crippen LogP contribution >= 0.6 is 0 Å². The molecule has 2 fully saturated rings. The van der Waals surface area contributed by atoms with E-state index in [-0.39, 0.29) is 23.8 Å². The molecule has 2 saturated carbocycles. The molecule has 1 aromatic heterocycles. The third-order valence-corrected chi connectivity index (χ3v) is 7.07. The lowest BCUT2D eigenvalue weighted by Crippen LogP contribution is -2.42. The van der Waals surface area contributed by atoms with Gasteiger partial charge >= 0.3 is 6.03 Å². The van der Waals surface area contributed by atoms with Gasteiger partial charge < -0.3 is 20.9 Å². The van der Waals surface area contributed by atoms with E-state index in [1.54, 1.807) is 43.5 Å². The van der Waals surface area contributed by atoms with Gasteiger partial charge in [-0.3, -0.25) is 14.6 Å². The minimum absolute atomic E-state index is 0.0400. The largest absolute Gasteiger partial charge is 0.368 e. The Hall–Kier alpha value is -3.42. The highest BCUT2D eigenvalue weighted by Gasteiger charge is 2.35. The number of rotatable bonds is 8. The van der Waals surface area contributed by atoms with Crippen LogP contribution in [0.15, 0.2) is 48.8 Å². The second-order valence-electron chi connectivity index (χ2n) is 9.91. The summed E-state index contributed by atoms with van der Waals surface area (Å²) in [4.78, 5) is 45.6. The maximum absolute atomic E-state index is 13.3. The number of pyridine rings is 1. The van der Waals surface area contributed by atoms with Crippen molar-refractivity contribution >= 4 is 17.8 Å². The van der Waals surface area contributed by atoms with Crippen molar-refractivity contribution < 1.29 is 14.4 Å². The van der Waals surface area contributed by atoms with Gasteiger partial charge in [-0.05, 0) is 48.8 Å². The van der Waals surface area contributed by atoms with E-state index in [1.807, 2.05) is 4.90 Å². The quantitative estimate of drug-likeness (QED) is 0.608. The van der Waals surface area contributed by atoms with Crippen LogP contribution < -0.4 is 11.1 Å². The maximum Gasteiger partial charge on any atom is 0.320 e. The monoisotopic (exact) mass is 477 g/mol. The lowest BCUT2D eigenvalue weighted by molar-refractivity contribution is -0.131. The zero-order valence-corrected chi connectivity index (χ0v) is 20.5. The number of hydrogen-bond acceptors (Lipinski definition) is 4. The lowest BCUT2D eigenvalue weighted by Gasteiger charge is -2.32. The van der Waals surface area contributed by atoms with Gasteiger partial charge in [0.1, 0.15) is 6.04 Å². The van der Waals surface area contributed by atoms with Gasteiger partial charge in [0, 0.05) is 50.6 Å². The SMILES string of the molecule is CN(C)C(=O)N(Cc1ccc(C2CCCCC2C(=O)NC(C(N)=O)c2cccnc2)cc1)C1CC1. The third kappa shape index (κ3) is 5.99.